The monoisotopic (exact) mass is 209 g/mol. The van der Waals surface area contributed by atoms with Crippen LogP contribution < -0.4 is 10.1 Å². The van der Waals surface area contributed by atoms with E-state index < -0.39 is 0 Å². The Morgan fingerprint density at radius 1 is 1.27 bits per heavy atom. The molecular weight excluding hydrogens is 190 g/mol. The van der Waals surface area contributed by atoms with Crippen LogP contribution in [0.1, 0.15) is 26.6 Å². The molecule has 4 nitrogen and oxygen atoms in total. The van der Waals surface area contributed by atoms with Crippen molar-refractivity contribution in [3.8, 4) is 5.75 Å². The fourth-order valence-electron chi connectivity index (χ4n) is 1.05. The van der Waals surface area contributed by atoms with Crippen LogP contribution in [0.15, 0.2) is 12.4 Å². The van der Waals surface area contributed by atoms with Crippen molar-refractivity contribution >= 4 is 0 Å². The molecule has 0 unspecified atom stereocenters. The molecular formula is C11H19N3O. The molecule has 0 aliphatic carbocycles. The van der Waals surface area contributed by atoms with Crippen LogP contribution in [0, 0.1) is 0 Å². The van der Waals surface area contributed by atoms with Gasteiger partial charge in [0.05, 0.1) is 12.4 Å². The third kappa shape index (κ3) is 3.83. The summed E-state index contributed by atoms with van der Waals surface area (Å²) in [6.45, 7) is 7.72. The van der Waals surface area contributed by atoms with Crippen LogP contribution in [-0.2, 0) is 5.41 Å². The highest BCUT2D eigenvalue weighted by Crippen LogP contribution is 2.18. The molecule has 84 valence electrons. The van der Waals surface area contributed by atoms with Crippen molar-refractivity contribution in [2.45, 2.75) is 26.2 Å². The van der Waals surface area contributed by atoms with Crippen LogP contribution in [0.25, 0.3) is 0 Å². The van der Waals surface area contributed by atoms with E-state index in [0.717, 1.165) is 18.1 Å². The molecule has 1 aromatic rings. The Morgan fingerprint density at radius 2 is 1.87 bits per heavy atom. The van der Waals surface area contributed by atoms with E-state index in [2.05, 4.69) is 36.1 Å². The standard InChI is InChI=1S/C11H19N3O/c1-11(2,3)10-13-7-9(8-14-10)15-6-5-12-4/h7-8,12H,5-6H2,1-4H3. The molecule has 0 bridgehead atoms. The van der Waals surface area contributed by atoms with E-state index in [0.29, 0.717) is 6.61 Å². The van der Waals surface area contributed by atoms with Crippen molar-refractivity contribution < 1.29 is 4.74 Å². The highest BCUT2D eigenvalue weighted by atomic mass is 16.5. The van der Waals surface area contributed by atoms with E-state index >= 15 is 0 Å². The lowest BCUT2D eigenvalue weighted by Gasteiger charge is -2.16. The van der Waals surface area contributed by atoms with Crippen molar-refractivity contribution in [2.24, 2.45) is 0 Å². The van der Waals surface area contributed by atoms with Crippen LogP contribution >= 0.6 is 0 Å². The zero-order valence-corrected chi connectivity index (χ0v) is 9.87. The molecule has 1 N–H and O–H groups in total. The third-order valence-corrected chi connectivity index (χ3v) is 1.92. The highest BCUT2D eigenvalue weighted by molar-refractivity contribution is 5.14. The molecule has 0 radical (unpaired) electrons. The number of likely N-dealkylation sites (N-methyl/N-ethyl adjacent to an activating group) is 1. The van der Waals surface area contributed by atoms with Gasteiger partial charge in [0.1, 0.15) is 12.4 Å². The Bertz CT molecular complexity index is 290. The molecule has 0 aromatic carbocycles. The maximum absolute atomic E-state index is 5.43. The first-order valence-electron chi connectivity index (χ1n) is 5.14. The van der Waals surface area contributed by atoms with Gasteiger partial charge in [0.25, 0.3) is 0 Å². The van der Waals surface area contributed by atoms with Crippen molar-refractivity contribution in [1.82, 2.24) is 15.3 Å². The van der Waals surface area contributed by atoms with E-state index in [-0.39, 0.29) is 5.41 Å². The van der Waals surface area contributed by atoms with Gasteiger partial charge in [-0.1, -0.05) is 20.8 Å². The SMILES string of the molecule is CNCCOc1cnc(C(C)(C)C)nc1. The van der Waals surface area contributed by atoms with Gasteiger partial charge in [0.2, 0.25) is 0 Å². The molecule has 4 heteroatoms. The van der Waals surface area contributed by atoms with E-state index in [1.165, 1.54) is 0 Å². The number of hydrogen-bond donors (Lipinski definition) is 1. The predicted octanol–water partition coefficient (Wildman–Crippen LogP) is 1.37. The van der Waals surface area contributed by atoms with E-state index in [1.807, 2.05) is 7.05 Å². The van der Waals surface area contributed by atoms with Gasteiger partial charge >= 0.3 is 0 Å². The Morgan fingerprint density at radius 3 is 2.33 bits per heavy atom. The molecule has 0 saturated carbocycles. The summed E-state index contributed by atoms with van der Waals surface area (Å²) >= 11 is 0. The van der Waals surface area contributed by atoms with Crippen molar-refractivity contribution in [2.75, 3.05) is 20.2 Å². The highest BCUT2D eigenvalue weighted by Gasteiger charge is 2.16. The maximum Gasteiger partial charge on any atom is 0.155 e. The molecule has 0 spiro atoms. The first-order valence-corrected chi connectivity index (χ1v) is 5.14. The van der Waals surface area contributed by atoms with Crippen molar-refractivity contribution in [3.05, 3.63) is 18.2 Å². The molecule has 0 saturated heterocycles. The largest absolute Gasteiger partial charge is 0.489 e. The average molecular weight is 209 g/mol. The van der Waals surface area contributed by atoms with Gasteiger partial charge in [-0.3, -0.25) is 0 Å². The Kier molecular flexibility index (Phi) is 4.03. The Balaban J connectivity index is 2.57. The Labute approximate surface area is 91.1 Å². The minimum atomic E-state index is -0.0104. The molecule has 0 atom stereocenters. The lowest BCUT2D eigenvalue weighted by Crippen LogP contribution is -2.17. The molecule has 1 heterocycles. The first kappa shape index (κ1) is 11.9. The normalized spacial score (nSPS) is 11.5. The molecule has 15 heavy (non-hydrogen) atoms. The van der Waals surface area contributed by atoms with Gasteiger partial charge < -0.3 is 10.1 Å². The maximum atomic E-state index is 5.43. The second-order valence-corrected chi connectivity index (χ2v) is 4.44. The molecule has 0 aliphatic rings. The van der Waals surface area contributed by atoms with Gasteiger partial charge in [0.15, 0.2) is 5.75 Å². The second kappa shape index (κ2) is 5.07. The van der Waals surface area contributed by atoms with Crippen LogP contribution in [-0.4, -0.2) is 30.2 Å². The zero-order valence-electron chi connectivity index (χ0n) is 9.87. The lowest BCUT2D eigenvalue weighted by molar-refractivity contribution is 0.315. The van der Waals surface area contributed by atoms with E-state index in [4.69, 9.17) is 4.74 Å². The number of aromatic nitrogens is 2. The van der Waals surface area contributed by atoms with Gasteiger partial charge in [-0.05, 0) is 7.05 Å². The van der Waals surface area contributed by atoms with Crippen LogP contribution in [0.3, 0.4) is 0 Å². The third-order valence-electron chi connectivity index (χ3n) is 1.92. The van der Waals surface area contributed by atoms with Gasteiger partial charge in [0, 0.05) is 12.0 Å². The molecule has 1 aromatic heterocycles. The van der Waals surface area contributed by atoms with Gasteiger partial charge in [-0.2, -0.15) is 0 Å². The summed E-state index contributed by atoms with van der Waals surface area (Å²) in [5.74, 6) is 1.56. The molecule has 1 rings (SSSR count). The van der Waals surface area contributed by atoms with Gasteiger partial charge in [-0.15, -0.1) is 0 Å². The van der Waals surface area contributed by atoms with E-state index in [1.54, 1.807) is 12.4 Å². The van der Waals surface area contributed by atoms with E-state index in [9.17, 15) is 0 Å². The number of ether oxygens (including phenoxy) is 1. The fourth-order valence-corrected chi connectivity index (χ4v) is 1.05. The number of rotatable bonds is 4. The molecule has 0 aliphatic heterocycles. The summed E-state index contributed by atoms with van der Waals surface area (Å²) in [5, 5.41) is 3.01. The van der Waals surface area contributed by atoms with Gasteiger partial charge in [-0.25, -0.2) is 9.97 Å². The summed E-state index contributed by atoms with van der Waals surface area (Å²) < 4.78 is 5.43. The summed E-state index contributed by atoms with van der Waals surface area (Å²) in [5.41, 5.74) is -0.0104. The summed E-state index contributed by atoms with van der Waals surface area (Å²) in [6, 6.07) is 0. The van der Waals surface area contributed by atoms with Crippen molar-refractivity contribution in [3.63, 3.8) is 0 Å². The smallest absolute Gasteiger partial charge is 0.155 e. The number of hydrogen-bond acceptors (Lipinski definition) is 4. The minimum absolute atomic E-state index is 0.0104. The summed E-state index contributed by atoms with van der Waals surface area (Å²) in [6.07, 6.45) is 3.45. The number of nitrogens with zero attached hydrogens (tertiary/aromatic N) is 2. The average Bonchev–Trinajstić information content (AvgIpc) is 2.18. The predicted molar refractivity (Wildman–Crippen MR) is 60.2 cm³/mol. The topological polar surface area (TPSA) is 47.0 Å². The summed E-state index contributed by atoms with van der Waals surface area (Å²) in [7, 11) is 1.89. The number of nitrogens with one attached hydrogen (secondary N) is 1. The van der Waals surface area contributed by atoms with Crippen LogP contribution in [0.5, 0.6) is 5.75 Å². The lowest BCUT2D eigenvalue weighted by atomic mass is 9.96. The minimum Gasteiger partial charge on any atom is -0.489 e. The van der Waals surface area contributed by atoms with Crippen molar-refractivity contribution in [1.29, 1.82) is 0 Å². The molecule has 0 amide bonds. The van der Waals surface area contributed by atoms with Crippen LogP contribution in [0.4, 0.5) is 0 Å². The summed E-state index contributed by atoms with van der Waals surface area (Å²) in [4.78, 5) is 8.54. The molecule has 0 fully saturated rings. The second-order valence-electron chi connectivity index (χ2n) is 4.44. The fraction of sp³-hybridized carbons (Fsp3) is 0.636. The van der Waals surface area contributed by atoms with Crippen LogP contribution in [0.2, 0.25) is 0 Å². The zero-order chi connectivity index (χ0) is 11.3. The first-order chi connectivity index (χ1) is 7.04. The Hall–Kier alpha value is -1.16. The quantitative estimate of drug-likeness (QED) is 0.761.